The van der Waals surface area contributed by atoms with E-state index in [-0.39, 0.29) is 17.6 Å². The van der Waals surface area contributed by atoms with Crippen molar-refractivity contribution in [2.24, 2.45) is 5.73 Å². The highest BCUT2D eigenvalue weighted by Crippen LogP contribution is 2.32. The lowest BCUT2D eigenvalue weighted by atomic mass is 10.1. The predicted octanol–water partition coefficient (Wildman–Crippen LogP) is 2.08. The highest BCUT2D eigenvalue weighted by Gasteiger charge is 2.24. The van der Waals surface area contributed by atoms with Crippen molar-refractivity contribution < 1.29 is 14.3 Å². The van der Waals surface area contributed by atoms with Gasteiger partial charge in [-0.25, -0.2) is 14.6 Å². The highest BCUT2D eigenvalue weighted by atomic mass is 16.5. The molecule has 1 aliphatic rings. The molecule has 29 heavy (non-hydrogen) atoms. The molecule has 1 aromatic carbocycles. The molecule has 0 bridgehead atoms. The van der Waals surface area contributed by atoms with Crippen LogP contribution in [0.5, 0.6) is 11.8 Å². The van der Waals surface area contributed by atoms with Crippen molar-refractivity contribution >= 4 is 5.91 Å². The molecule has 0 spiro atoms. The Hall–Kier alpha value is -3.86. The lowest BCUT2D eigenvalue weighted by Gasteiger charge is -2.09. The second-order valence-electron chi connectivity index (χ2n) is 6.69. The van der Waals surface area contributed by atoms with Crippen molar-refractivity contribution in [1.29, 1.82) is 0 Å². The molecule has 1 amide bonds. The van der Waals surface area contributed by atoms with E-state index in [1.807, 2.05) is 32.0 Å². The normalized spacial score (nSPS) is 15.6. The first kappa shape index (κ1) is 18.5. The Morgan fingerprint density at radius 2 is 2.14 bits per heavy atom. The molecular formula is C21H19N5O3. The van der Waals surface area contributed by atoms with Crippen LogP contribution >= 0.6 is 0 Å². The third-order valence-corrected chi connectivity index (χ3v) is 4.41. The minimum Gasteiger partial charge on any atom is -0.491 e. The lowest BCUT2D eigenvalue weighted by Crippen LogP contribution is -2.12. The number of fused-ring (bicyclic) bond motifs is 3. The summed E-state index contributed by atoms with van der Waals surface area (Å²) in [4.78, 5) is 19.6. The molecule has 0 saturated heterocycles. The number of benzene rings is 1. The van der Waals surface area contributed by atoms with Crippen molar-refractivity contribution in [3.05, 3.63) is 59.7 Å². The van der Waals surface area contributed by atoms with Crippen LogP contribution in [0.3, 0.4) is 0 Å². The molecule has 0 fully saturated rings. The van der Waals surface area contributed by atoms with Gasteiger partial charge in [0.1, 0.15) is 11.4 Å². The molecule has 2 aromatic heterocycles. The molecule has 146 valence electrons. The van der Waals surface area contributed by atoms with Crippen molar-refractivity contribution in [2.45, 2.75) is 25.9 Å². The van der Waals surface area contributed by atoms with Gasteiger partial charge in [0.25, 0.3) is 5.91 Å². The first-order valence-electron chi connectivity index (χ1n) is 9.13. The predicted molar refractivity (Wildman–Crippen MR) is 105 cm³/mol. The minimum absolute atomic E-state index is 0.0526. The molecule has 8 heteroatoms. The molecule has 2 atom stereocenters. The van der Waals surface area contributed by atoms with Crippen molar-refractivity contribution in [2.75, 3.05) is 6.61 Å². The second-order valence-corrected chi connectivity index (χ2v) is 6.69. The van der Waals surface area contributed by atoms with Crippen LogP contribution in [0.25, 0.3) is 5.69 Å². The minimum atomic E-state index is -0.565. The standard InChI is InChI=1S/C21H19N5O3/c1-13-12-28-19-7-6-15(5-4-14(2)29-21-23-8-3-9-24-21)10-18(19)26-17(13)11-16(25-26)20(22)27/h3,6-11,13-14H,12H2,1-2H3,(H2,22,27)/t13-,14-/m1/s1. The maximum absolute atomic E-state index is 11.6. The summed E-state index contributed by atoms with van der Waals surface area (Å²) in [5.74, 6) is 6.27. The zero-order valence-electron chi connectivity index (χ0n) is 16.0. The molecular weight excluding hydrogens is 370 g/mol. The third-order valence-electron chi connectivity index (χ3n) is 4.41. The zero-order chi connectivity index (χ0) is 20.4. The van der Waals surface area contributed by atoms with Gasteiger partial charge in [0.2, 0.25) is 0 Å². The molecule has 0 aliphatic carbocycles. The van der Waals surface area contributed by atoms with E-state index in [2.05, 4.69) is 26.9 Å². The van der Waals surface area contributed by atoms with E-state index in [0.29, 0.717) is 18.0 Å². The molecule has 3 heterocycles. The number of primary amides is 1. The molecule has 8 nitrogen and oxygen atoms in total. The van der Waals surface area contributed by atoms with Crippen LogP contribution in [-0.4, -0.2) is 38.4 Å². The Labute approximate surface area is 167 Å². The summed E-state index contributed by atoms with van der Waals surface area (Å²) >= 11 is 0. The van der Waals surface area contributed by atoms with Crippen LogP contribution < -0.4 is 15.2 Å². The number of carbonyl (C=O) groups excluding carboxylic acids is 1. The number of rotatable bonds is 3. The topological polar surface area (TPSA) is 105 Å². The van der Waals surface area contributed by atoms with Gasteiger partial charge in [0.05, 0.1) is 12.3 Å². The Morgan fingerprint density at radius 3 is 2.90 bits per heavy atom. The molecule has 0 saturated carbocycles. The lowest BCUT2D eigenvalue weighted by molar-refractivity contribution is 0.0995. The summed E-state index contributed by atoms with van der Waals surface area (Å²) in [7, 11) is 0. The summed E-state index contributed by atoms with van der Waals surface area (Å²) in [6.45, 7) is 4.31. The van der Waals surface area contributed by atoms with E-state index in [9.17, 15) is 4.79 Å². The average Bonchev–Trinajstić information content (AvgIpc) is 3.12. The largest absolute Gasteiger partial charge is 0.491 e. The van der Waals surface area contributed by atoms with Gasteiger partial charge in [-0.2, -0.15) is 5.10 Å². The fraction of sp³-hybridized carbons (Fsp3) is 0.238. The van der Waals surface area contributed by atoms with Crippen molar-refractivity contribution in [3.8, 4) is 29.3 Å². The summed E-state index contributed by atoms with van der Waals surface area (Å²) in [6, 6.07) is 9.28. The van der Waals surface area contributed by atoms with Crippen LogP contribution in [0.2, 0.25) is 0 Å². The van der Waals surface area contributed by atoms with E-state index in [1.54, 1.807) is 29.2 Å². The van der Waals surface area contributed by atoms with Crippen LogP contribution in [0.15, 0.2) is 42.7 Å². The first-order chi connectivity index (χ1) is 14.0. The first-order valence-corrected chi connectivity index (χ1v) is 9.13. The number of amides is 1. The molecule has 4 rings (SSSR count). The van der Waals surface area contributed by atoms with Crippen LogP contribution in [0, 0.1) is 11.8 Å². The van der Waals surface area contributed by atoms with Gasteiger partial charge in [-0.15, -0.1) is 0 Å². The SMILES string of the molecule is C[C@H](C#Cc1ccc2c(c1)-n1nc(C(N)=O)cc1[C@H](C)CO2)Oc1ncccn1. The third kappa shape index (κ3) is 3.89. The Kier molecular flexibility index (Phi) is 4.87. The Morgan fingerprint density at radius 1 is 1.34 bits per heavy atom. The van der Waals surface area contributed by atoms with Crippen molar-refractivity contribution in [1.82, 2.24) is 19.7 Å². The fourth-order valence-corrected chi connectivity index (χ4v) is 2.96. The summed E-state index contributed by atoms with van der Waals surface area (Å²) in [5, 5.41) is 4.37. The van der Waals surface area contributed by atoms with Gasteiger partial charge in [0.15, 0.2) is 11.8 Å². The van der Waals surface area contributed by atoms with E-state index >= 15 is 0 Å². The van der Waals surface area contributed by atoms with Crippen molar-refractivity contribution in [3.63, 3.8) is 0 Å². The molecule has 0 unspecified atom stereocenters. The second kappa shape index (κ2) is 7.64. The Balaban J connectivity index is 1.65. The van der Waals surface area contributed by atoms with E-state index in [1.165, 1.54) is 0 Å². The number of aromatic nitrogens is 4. The fourth-order valence-electron chi connectivity index (χ4n) is 2.96. The number of nitrogens with zero attached hydrogens (tertiary/aromatic N) is 4. The number of carbonyl (C=O) groups is 1. The average molecular weight is 389 g/mol. The van der Waals surface area contributed by atoms with Gasteiger partial charge in [0, 0.05) is 23.9 Å². The summed E-state index contributed by atoms with van der Waals surface area (Å²) in [6.07, 6.45) is 2.82. The van der Waals surface area contributed by atoms with Gasteiger partial charge >= 0.3 is 6.01 Å². The smallest absolute Gasteiger partial charge is 0.317 e. The maximum Gasteiger partial charge on any atom is 0.317 e. The van der Waals surface area contributed by atoms with E-state index < -0.39 is 12.0 Å². The maximum atomic E-state index is 11.6. The summed E-state index contributed by atoms with van der Waals surface area (Å²) in [5.41, 5.74) is 7.97. The molecule has 2 N–H and O–H groups in total. The van der Waals surface area contributed by atoms with Gasteiger partial charge in [-0.1, -0.05) is 18.8 Å². The Bertz CT molecular complexity index is 1110. The molecule has 1 aliphatic heterocycles. The molecule has 0 radical (unpaired) electrons. The van der Waals surface area contributed by atoms with E-state index in [4.69, 9.17) is 15.2 Å². The van der Waals surface area contributed by atoms with Gasteiger partial charge < -0.3 is 15.2 Å². The quantitative estimate of drug-likeness (QED) is 0.688. The number of hydrogen-bond donors (Lipinski definition) is 1. The van der Waals surface area contributed by atoms with Gasteiger partial charge in [-0.05, 0) is 37.3 Å². The monoisotopic (exact) mass is 389 g/mol. The van der Waals surface area contributed by atoms with E-state index in [0.717, 1.165) is 11.3 Å². The highest BCUT2D eigenvalue weighted by molar-refractivity contribution is 5.91. The van der Waals surface area contributed by atoms with Crippen LogP contribution in [-0.2, 0) is 0 Å². The molecule has 3 aromatic rings. The van der Waals surface area contributed by atoms with Crippen LogP contribution in [0.4, 0.5) is 0 Å². The zero-order valence-corrected chi connectivity index (χ0v) is 16.0. The van der Waals surface area contributed by atoms with Crippen LogP contribution in [0.1, 0.15) is 41.5 Å². The number of hydrogen-bond acceptors (Lipinski definition) is 6. The number of ether oxygens (including phenoxy) is 2. The number of nitrogens with two attached hydrogens (primary N) is 1. The summed E-state index contributed by atoms with van der Waals surface area (Å²) < 4.78 is 13.2. The van der Waals surface area contributed by atoms with Gasteiger partial charge in [-0.3, -0.25) is 4.79 Å².